The van der Waals surface area contributed by atoms with Crippen molar-refractivity contribution in [3.05, 3.63) is 10.4 Å². The minimum Gasteiger partial charge on any atom is -0.415 e. The highest BCUT2D eigenvalue weighted by molar-refractivity contribution is 6.69. The minimum absolute atomic E-state index is 0.123. The van der Waals surface area contributed by atoms with Crippen molar-refractivity contribution < 1.29 is 4.43 Å². The summed E-state index contributed by atoms with van der Waals surface area (Å²) in [7, 11) is -1.50. The first-order valence-corrected chi connectivity index (χ1v) is 8.59. The van der Waals surface area contributed by atoms with E-state index >= 15 is 0 Å². The summed E-state index contributed by atoms with van der Waals surface area (Å²) in [6.07, 6.45) is 3.41. The molecule has 1 atom stereocenters. The van der Waals surface area contributed by atoms with Gasteiger partial charge in [-0.25, -0.2) is 0 Å². The summed E-state index contributed by atoms with van der Waals surface area (Å²) < 4.78 is 5.92. The highest BCUT2D eigenvalue weighted by atomic mass is 28.4. The number of azide groups is 1. The summed E-state index contributed by atoms with van der Waals surface area (Å²) in [6, 6.07) is 0. The molecular formula is C9H21N3OSi. The van der Waals surface area contributed by atoms with Crippen LogP contribution in [0.2, 0.25) is 19.6 Å². The van der Waals surface area contributed by atoms with Crippen molar-refractivity contribution in [1.82, 2.24) is 0 Å². The molecular weight excluding hydrogens is 194 g/mol. The van der Waals surface area contributed by atoms with Gasteiger partial charge in [0.1, 0.15) is 0 Å². The molecule has 0 radical (unpaired) electrons. The molecule has 0 aliphatic carbocycles. The van der Waals surface area contributed by atoms with E-state index in [1.807, 2.05) is 0 Å². The van der Waals surface area contributed by atoms with Crippen LogP contribution in [0.4, 0.5) is 0 Å². The van der Waals surface area contributed by atoms with E-state index in [0.29, 0.717) is 6.54 Å². The SMILES string of the molecule is CCCC[C@H](CN=[N+]=[N-])O[Si](C)(C)C. The van der Waals surface area contributed by atoms with Crippen LogP contribution < -0.4 is 0 Å². The number of unbranched alkanes of at least 4 members (excludes halogenated alkanes) is 1. The quantitative estimate of drug-likeness (QED) is 0.276. The minimum atomic E-state index is -1.50. The summed E-state index contributed by atoms with van der Waals surface area (Å²) in [5.41, 5.74) is 8.25. The van der Waals surface area contributed by atoms with Crippen LogP contribution in [0, 0.1) is 0 Å². The zero-order valence-corrected chi connectivity index (χ0v) is 10.7. The standard InChI is InChI=1S/C9H21N3OSi/c1-5-6-7-9(8-11-12-10)13-14(2,3)4/h9H,5-8H2,1-4H3/t9-/m1/s1. The van der Waals surface area contributed by atoms with Crippen molar-refractivity contribution >= 4 is 8.32 Å². The molecule has 0 aliphatic rings. The molecule has 0 unspecified atom stereocenters. The third-order valence-corrected chi connectivity index (χ3v) is 2.79. The van der Waals surface area contributed by atoms with E-state index in [4.69, 9.17) is 9.96 Å². The maximum Gasteiger partial charge on any atom is 0.184 e. The first-order valence-electron chi connectivity index (χ1n) is 5.18. The molecule has 82 valence electrons. The fourth-order valence-electron chi connectivity index (χ4n) is 1.25. The van der Waals surface area contributed by atoms with Gasteiger partial charge < -0.3 is 4.43 Å². The molecule has 0 aromatic carbocycles. The molecule has 0 bridgehead atoms. The number of rotatable bonds is 7. The summed E-state index contributed by atoms with van der Waals surface area (Å²) in [5, 5.41) is 3.59. The third kappa shape index (κ3) is 8.10. The van der Waals surface area contributed by atoms with Gasteiger partial charge in [-0.2, -0.15) is 0 Å². The third-order valence-electron chi connectivity index (χ3n) is 1.75. The molecule has 0 rings (SSSR count). The Labute approximate surface area is 87.4 Å². The first-order chi connectivity index (χ1) is 6.49. The Kier molecular flexibility index (Phi) is 6.62. The maximum absolute atomic E-state index is 8.25. The predicted octanol–water partition coefficient (Wildman–Crippen LogP) is 3.71. The van der Waals surface area contributed by atoms with Gasteiger partial charge in [0, 0.05) is 4.91 Å². The van der Waals surface area contributed by atoms with Gasteiger partial charge in [-0.05, 0) is 31.6 Å². The van der Waals surface area contributed by atoms with Gasteiger partial charge in [0.2, 0.25) is 0 Å². The van der Waals surface area contributed by atoms with Crippen LogP contribution in [-0.4, -0.2) is 21.0 Å². The van der Waals surface area contributed by atoms with Crippen LogP contribution in [0.15, 0.2) is 5.11 Å². The van der Waals surface area contributed by atoms with Crippen molar-refractivity contribution in [2.45, 2.75) is 51.9 Å². The van der Waals surface area contributed by atoms with E-state index in [9.17, 15) is 0 Å². The summed E-state index contributed by atoms with van der Waals surface area (Å²) in [6.45, 7) is 9.09. The van der Waals surface area contributed by atoms with Gasteiger partial charge in [0.05, 0.1) is 12.6 Å². The van der Waals surface area contributed by atoms with Gasteiger partial charge in [0.25, 0.3) is 0 Å². The molecule has 0 spiro atoms. The Bertz CT molecular complexity index is 197. The van der Waals surface area contributed by atoms with Crippen molar-refractivity contribution in [2.24, 2.45) is 5.11 Å². The number of hydrogen-bond acceptors (Lipinski definition) is 2. The molecule has 5 heteroatoms. The fraction of sp³-hybridized carbons (Fsp3) is 1.00. The Hall–Kier alpha value is -0.513. The van der Waals surface area contributed by atoms with Crippen molar-refractivity contribution in [3.8, 4) is 0 Å². The average Bonchev–Trinajstić information content (AvgIpc) is 2.07. The second-order valence-electron chi connectivity index (χ2n) is 4.41. The van der Waals surface area contributed by atoms with Gasteiger partial charge >= 0.3 is 0 Å². The van der Waals surface area contributed by atoms with Crippen LogP contribution in [0.3, 0.4) is 0 Å². The number of nitrogens with zero attached hydrogens (tertiary/aromatic N) is 3. The van der Waals surface area contributed by atoms with E-state index in [2.05, 4.69) is 36.6 Å². The molecule has 0 heterocycles. The van der Waals surface area contributed by atoms with Crippen LogP contribution >= 0.6 is 0 Å². The van der Waals surface area contributed by atoms with E-state index < -0.39 is 8.32 Å². The second kappa shape index (κ2) is 6.87. The summed E-state index contributed by atoms with van der Waals surface area (Å²) >= 11 is 0. The lowest BCUT2D eigenvalue weighted by molar-refractivity contribution is 0.188. The molecule has 0 amide bonds. The molecule has 0 saturated carbocycles. The number of hydrogen-bond donors (Lipinski definition) is 0. The van der Waals surface area contributed by atoms with Crippen LogP contribution in [0.5, 0.6) is 0 Å². The lowest BCUT2D eigenvalue weighted by Gasteiger charge is -2.25. The molecule has 0 aromatic rings. The van der Waals surface area contributed by atoms with Crippen molar-refractivity contribution in [3.63, 3.8) is 0 Å². The van der Waals surface area contributed by atoms with E-state index in [1.165, 1.54) is 0 Å². The molecule has 0 aromatic heterocycles. The predicted molar refractivity (Wildman–Crippen MR) is 61.8 cm³/mol. The van der Waals surface area contributed by atoms with E-state index in [0.717, 1.165) is 19.3 Å². The highest BCUT2D eigenvalue weighted by Gasteiger charge is 2.20. The molecule has 0 aliphatic heterocycles. The first kappa shape index (κ1) is 13.5. The Morgan fingerprint density at radius 3 is 2.50 bits per heavy atom. The van der Waals surface area contributed by atoms with Crippen LogP contribution in [0.25, 0.3) is 10.4 Å². The highest BCUT2D eigenvalue weighted by Crippen LogP contribution is 2.13. The van der Waals surface area contributed by atoms with Crippen molar-refractivity contribution in [2.75, 3.05) is 6.54 Å². The molecule has 4 nitrogen and oxygen atoms in total. The summed E-state index contributed by atoms with van der Waals surface area (Å²) in [4.78, 5) is 2.77. The van der Waals surface area contributed by atoms with Gasteiger partial charge in [-0.15, -0.1) is 0 Å². The average molecular weight is 215 g/mol. The van der Waals surface area contributed by atoms with Gasteiger partial charge in [0.15, 0.2) is 8.32 Å². The maximum atomic E-state index is 8.25. The Balaban J connectivity index is 4.02. The second-order valence-corrected chi connectivity index (χ2v) is 8.87. The molecule has 0 fully saturated rings. The zero-order valence-electron chi connectivity index (χ0n) is 9.66. The Morgan fingerprint density at radius 1 is 1.43 bits per heavy atom. The van der Waals surface area contributed by atoms with E-state index in [-0.39, 0.29) is 6.10 Å². The van der Waals surface area contributed by atoms with Gasteiger partial charge in [-0.1, -0.05) is 24.9 Å². The lowest BCUT2D eigenvalue weighted by Crippen LogP contribution is -2.33. The van der Waals surface area contributed by atoms with Crippen LogP contribution in [0.1, 0.15) is 26.2 Å². The molecule has 0 saturated heterocycles. The zero-order chi connectivity index (χ0) is 11.0. The van der Waals surface area contributed by atoms with Gasteiger partial charge in [-0.3, -0.25) is 0 Å². The topological polar surface area (TPSA) is 58.0 Å². The fourth-order valence-corrected chi connectivity index (χ4v) is 2.44. The monoisotopic (exact) mass is 215 g/mol. The molecule has 0 N–H and O–H groups in total. The van der Waals surface area contributed by atoms with Crippen LogP contribution in [-0.2, 0) is 4.43 Å². The van der Waals surface area contributed by atoms with Crippen molar-refractivity contribution in [1.29, 1.82) is 0 Å². The molecule has 14 heavy (non-hydrogen) atoms. The smallest absolute Gasteiger partial charge is 0.184 e. The lowest BCUT2D eigenvalue weighted by atomic mass is 10.2. The Morgan fingerprint density at radius 2 is 2.07 bits per heavy atom. The summed E-state index contributed by atoms with van der Waals surface area (Å²) in [5.74, 6) is 0. The van der Waals surface area contributed by atoms with E-state index in [1.54, 1.807) is 0 Å². The largest absolute Gasteiger partial charge is 0.415 e. The normalized spacial score (nSPS) is 13.4.